The summed E-state index contributed by atoms with van der Waals surface area (Å²) in [4.78, 5) is 0. The average Bonchev–Trinajstić information content (AvgIpc) is 2.26. The van der Waals surface area contributed by atoms with Gasteiger partial charge in [0.25, 0.3) is 0 Å². The van der Waals surface area contributed by atoms with Crippen molar-refractivity contribution in [2.45, 2.75) is 65.7 Å². The zero-order chi connectivity index (χ0) is 10.9. The lowest BCUT2D eigenvalue weighted by molar-refractivity contribution is 0.101. The van der Waals surface area contributed by atoms with Crippen molar-refractivity contribution in [3.63, 3.8) is 0 Å². The summed E-state index contributed by atoms with van der Waals surface area (Å²) in [5, 5.41) is 0. The second-order valence-electron chi connectivity index (χ2n) is 5.77. The maximum Gasteiger partial charge on any atom is -0.00855 e. The fourth-order valence-corrected chi connectivity index (χ4v) is 4.23. The molecule has 0 aromatic heterocycles. The monoisotopic (exact) mass is 206 g/mol. The highest BCUT2D eigenvalue weighted by Gasteiger charge is 2.43. The molecule has 0 heteroatoms. The Kier molecular flexibility index (Phi) is 3.23. The maximum absolute atomic E-state index is 2.60. The van der Waals surface area contributed by atoms with E-state index in [1.54, 1.807) is 0 Å². The van der Waals surface area contributed by atoms with Gasteiger partial charge in [0.15, 0.2) is 0 Å². The first-order valence-corrected chi connectivity index (χ1v) is 6.91. The Balaban J connectivity index is 2.28. The SMILES string of the molecule is CCC1CC=C2CCCC[C@]2(C)C1CC. The number of hydrogen-bond acceptors (Lipinski definition) is 0. The molecule has 3 atom stereocenters. The summed E-state index contributed by atoms with van der Waals surface area (Å²) in [6, 6.07) is 0. The van der Waals surface area contributed by atoms with E-state index in [1.807, 2.05) is 5.57 Å². The third-order valence-electron chi connectivity index (χ3n) is 5.14. The third kappa shape index (κ3) is 1.77. The van der Waals surface area contributed by atoms with Crippen LogP contribution in [0.15, 0.2) is 11.6 Å². The molecule has 2 aliphatic carbocycles. The topological polar surface area (TPSA) is 0 Å². The molecule has 0 N–H and O–H groups in total. The van der Waals surface area contributed by atoms with E-state index in [1.165, 1.54) is 44.9 Å². The van der Waals surface area contributed by atoms with Crippen molar-refractivity contribution in [3.05, 3.63) is 11.6 Å². The quantitative estimate of drug-likeness (QED) is 0.561. The minimum atomic E-state index is 0.575. The van der Waals surface area contributed by atoms with Gasteiger partial charge in [-0.2, -0.15) is 0 Å². The predicted molar refractivity (Wildman–Crippen MR) is 66.8 cm³/mol. The molecule has 0 heterocycles. The summed E-state index contributed by atoms with van der Waals surface area (Å²) in [7, 11) is 0. The van der Waals surface area contributed by atoms with Crippen LogP contribution in [0.3, 0.4) is 0 Å². The van der Waals surface area contributed by atoms with E-state index in [-0.39, 0.29) is 0 Å². The van der Waals surface area contributed by atoms with E-state index in [0.29, 0.717) is 5.41 Å². The van der Waals surface area contributed by atoms with Crippen molar-refractivity contribution in [1.29, 1.82) is 0 Å². The van der Waals surface area contributed by atoms with Crippen molar-refractivity contribution >= 4 is 0 Å². The molecule has 0 aliphatic heterocycles. The van der Waals surface area contributed by atoms with Crippen LogP contribution >= 0.6 is 0 Å². The minimum Gasteiger partial charge on any atom is -0.0845 e. The lowest BCUT2D eigenvalue weighted by Crippen LogP contribution is -2.39. The Hall–Kier alpha value is -0.260. The van der Waals surface area contributed by atoms with Crippen molar-refractivity contribution in [3.8, 4) is 0 Å². The van der Waals surface area contributed by atoms with E-state index in [9.17, 15) is 0 Å². The van der Waals surface area contributed by atoms with Gasteiger partial charge in [-0.15, -0.1) is 0 Å². The second-order valence-corrected chi connectivity index (χ2v) is 5.77. The molecule has 15 heavy (non-hydrogen) atoms. The fourth-order valence-electron chi connectivity index (χ4n) is 4.23. The lowest BCUT2D eigenvalue weighted by Gasteiger charge is -2.49. The van der Waals surface area contributed by atoms with Gasteiger partial charge in [-0.25, -0.2) is 0 Å². The Labute approximate surface area is 95.1 Å². The molecule has 1 fully saturated rings. The van der Waals surface area contributed by atoms with E-state index in [4.69, 9.17) is 0 Å². The molecule has 0 bridgehead atoms. The molecule has 0 spiro atoms. The van der Waals surface area contributed by atoms with Crippen LogP contribution in [-0.4, -0.2) is 0 Å². The highest BCUT2D eigenvalue weighted by atomic mass is 14.5. The molecule has 0 radical (unpaired) electrons. The van der Waals surface area contributed by atoms with Crippen LogP contribution in [0, 0.1) is 17.3 Å². The first-order chi connectivity index (χ1) is 7.22. The normalized spacial score (nSPS) is 40.9. The zero-order valence-electron chi connectivity index (χ0n) is 10.7. The highest BCUT2D eigenvalue weighted by molar-refractivity contribution is 5.21. The Morgan fingerprint density at radius 2 is 2.07 bits per heavy atom. The molecular weight excluding hydrogens is 180 g/mol. The van der Waals surface area contributed by atoms with Crippen LogP contribution in [-0.2, 0) is 0 Å². The van der Waals surface area contributed by atoms with E-state index < -0.39 is 0 Å². The third-order valence-corrected chi connectivity index (χ3v) is 5.14. The van der Waals surface area contributed by atoms with Crippen LogP contribution in [0.4, 0.5) is 0 Å². The van der Waals surface area contributed by atoms with Crippen molar-refractivity contribution in [1.82, 2.24) is 0 Å². The minimum absolute atomic E-state index is 0.575. The number of fused-ring (bicyclic) bond motifs is 1. The standard InChI is InChI=1S/C15H26/c1-4-12-9-10-13-8-6-7-11-15(13,3)14(12)5-2/h10,12,14H,4-9,11H2,1-3H3/t12?,14?,15-/m0/s1. The summed E-state index contributed by atoms with van der Waals surface area (Å²) in [5.41, 5.74) is 2.39. The van der Waals surface area contributed by atoms with E-state index >= 15 is 0 Å². The van der Waals surface area contributed by atoms with Crippen LogP contribution in [0.25, 0.3) is 0 Å². The predicted octanol–water partition coefficient (Wildman–Crippen LogP) is 4.95. The summed E-state index contributed by atoms with van der Waals surface area (Å²) < 4.78 is 0. The zero-order valence-corrected chi connectivity index (χ0v) is 10.7. The van der Waals surface area contributed by atoms with E-state index in [0.717, 1.165) is 11.8 Å². The molecule has 0 amide bonds. The van der Waals surface area contributed by atoms with Crippen LogP contribution < -0.4 is 0 Å². The first kappa shape index (κ1) is 11.2. The average molecular weight is 206 g/mol. The summed E-state index contributed by atoms with van der Waals surface area (Å²) in [5.74, 6) is 1.92. The van der Waals surface area contributed by atoms with Gasteiger partial charge in [-0.3, -0.25) is 0 Å². The van der Waals surface area contributed by atoms with Crippen LogP contribution in [0.5, 0.6) is 0 Å². The molecule has 0 nitrogen and oxygen atoms in total. The summed E-state index contributed by atoms with van der Waals surface area (Å²) in [6.07, 6.45) is 12.5. The molecule has 2 rings (SSSR count). The number of hydrogen-bond donors (Lipinski definition) is 0. The smallest absolute Gasteiger partial charge is 0.00855 e. The van der Waals surface area contributed by atoms with Crippen molar-refractivity contribution < 1.29 is 0 Å². The Morgan fingerprint density at radius 3 is 2.73 bits per heavy atom. The highest BCUT2D eigenvalue weighted by Crippen LogP contribution is 2.54. The van der Waals surface area contributed by atoms with Gasteiger partial charge in [0.05, 0.1) is 0 Å². The lowest BCUT2D eigenvalue weighted by atomic mass is 9.56. The number of allylic oxidation sites excluding steroid dienone is 2. The van der Waals surface area contributed by atoms with Crippen LogP contribution in [0.2, 0.25) is 0 Å². The van der Waals surface area contributed by atoms with Gasteiger partial charge in [-0.05, 0) is 42.9 Å². The van der Waals surface area contributed by atoms with Gasteiger partial charge < -0.3 is 0 Å². The van der Waals surface area contributed by atoms with E-state index in [2.05, 4.69) is 26.8 Å². The molecule has 2 aliphatic rings. The van der Waals surface area contributed by atoms with Gasteiger partial charge in [-0.1, -0.05) is 51.7 Å². The van der Waals surface area contributed by atoms with Gasteiger partial charge in [0, 0.05) is 0 Å². The van der Waals surface area contributed by atoms with Crippen molar-refractivity contribution in [2.24, 2.45) is 17.3 Å². The fraction of sp³-hybridized carbons (Fsp3) is 0.867. The van der Waals surface area contributed by atoms with Crippen LogP contribution in [0.1, 0.15) is 65.7 Å². The maximum atomic E-state index is 2.60. The summed E-state index contributed by atoms with van der Waals surface area (Å²) >= 11 is 0. The molecule has 0 aromatic carbocycles. The molecule has 0 saturated heterocycles. The number of rotatable bonds is 2. The summed E-state index contributed by atoms with van der Waals surface area (Å²) in [6.45, 7) is 7.32. The molecule has 0 aromatic rings. The van der Waals surface area contributed by atoms with Crippen molar-refractivity contribution in [2.75, 3.05) is 0 Å². The molecule has 1 saturated carbocycles. The van der Waals surface area contributed by atoms with Gasteiger partial charge in [0.2, 0.25) is 0 Å². The largest absolute Gasteiger partial charge is 0.0845 e. The molecule has 2 unspecified atom stereocenters. The second kappa shape index (κ2) is 4.31. The molecule has 86 valence electrons. The van der Waals surface area contributed by atoms with Gasteiger partial charge >= 0.3 is 0 Å². The Morgan fingerprint density at radius 1 is 1.27 bits per heavy atom. The molecular formula is C15H26. The van der Waals surface area contributed by atoms with Gasteiger partial charge in [0.1, 0.15) is 0 Å². The Bertz CT molecular complexity index is 251. The first-order valence-electron chi connectivity index (χ1n) is 6.91.